The first-order chi connectivity index (χ1) is 13.8. The minimum atomic E-state index is -3.81. The molecule has 7 nitrogen and oxygen atoms in total. The van der Waals surface area contributed by atoms with Crippen molar-refractivity contribution >= 4 is 27.5 Å². The molecule has 0 spiro atoms. The van der Waals surface area contributed by atoms with Gasteiger partial charge in [-0.15, -0.1) is 0 Å². The normalized spacial score (nSPS) is 14.1. The van der Waals surface area contributed by atoms with E-state index in [9.17, 15) is 18.0 Å². The highest BCUT2D eigenvalue weighted by atomic mass is 32.2. The van der Waals surface area contributed by atoms with Crippen molar-refractivity contribution in [2.45, 2.75) is 24.7 Å². The standard InChI is InChI=1S/C21H25N3O4S/c1-16-6-3-8-18(14-16)23(2)29(27,28)19-9-4-7-17(15-19)21(26)22-11-13-24-12-5-10-20(24)25/h3-4,6-9,14-15H,5,10-13H2,1-2H3,(H,22,26). The molecule has 1 heterocycles. The summed E-state index contributed by atoms with van der Waals surface area (Å²) < 4.78 is 27.2. The van der Waals surface area contributed by atoms with Crippen molar-refractivity contribution in [2.75, 3.05) is 31.0 Å². The summed E-state index contributed by atoms with van der Waals surface area (Å²) in [6, 6.07) is 13.2. The number of nitrogens with zero attached hydrogens (tertiary/aromatic N) is 2. The molecule has 2 aromatic carbocycles. The fourth-order valence-corrected chi connectivity index (χ4v) is 4.50. The second-order valence-corrected chi connectivity index (χ2v) is 9.05. The molecule has 2 amide bonds. The number of carbonyl (C=O) groups excluding carboxylic acids is 2. The maximum absolute atomic E-state index is 13.0. The van der Waals surface area contributed by atoms with Gasteiger partial charge in [0.15, 0.2) is 0 Å². The van der Waals surface area contributed by atoms with Crippen molar-refractivity contribution in [3.63, 3.8) is 0 Å². The summed E-state index contributed by atoms with van der Waals surface area (Å²) in [6.07, 6.45) is 1.41. The lowest BCUT2D eigenvalue weighted by molar-refractivity contribution is -0.127. The van der Waals surface area contributed by atoms with Crippen LogP contribution in [-0.2, 0) is 14.8 Å². The Morgan fingerprint density at radius 1 is 1.17 bits per heavy atom. The number of likely N-dealkylation sites (tertiary alicyclic amines) is 1. The van der Waals surface area contributed by atoms with Crippen LogP contribution in [0.1, 0.15) is 28.8 Å². The molecule has 1 fully saturated rings. The Labute approximate surface area is 171 Å². The molecule has 0 aliphatic carbocycles. The maximum atomic E-state index is 13.0. The second-order valence-electron chi connectivity index (χ2n) is 7.08. The summed E-state index contributed by atoms with van der Waals surface area (Å²) >= 11 is 0. The number of sulfonamides is 1. The molecule has 29 heavy (non-hydrogen) atoms. The number of amides is 2. The van der Waals surface area contributed by atoms with E-state index in [1.54, 1.807) is 35.2 Å². The van der Waals surface area contributed by atoms with Gasteiger partial charge in [-0.25, -0.2) is 8.42 Å². The number of anilines is 1. The SMILES string of the molecule is Cc1cccc(N(C)S(=O)(=O)c2cccc(C(=O)NCCN3CCCC3=O)c2)c1. The zero-order valence-corrected chi connectivity index (χ0v) is 17.4. The van der Waals surface area contributed by atoms with Gasteiger partial charge >= 0.3 is 0 Å². The van der Waals surface area contributed by atoms with Gasteiger partial charge in [0.05, 0.1) is 10.6 Å². The maximum Gasteiger partial charge on any atom is 0.264 e. The number of aryl methyl sites for hydroxylation is 1. The molecule has 2 aromatic rings. The highest BCUT2D eigenvalue weighted by Crippen LogP contribution is 2.23. The van der Waals surface area contributed by atoms with Crippen LogP contribution in [0.3, 0.4) is 0 Å². The van der Waals surface area contributed by atoms with Crippen molar-refractivity contribution in [3.05, 3.63) is 59.7 Å². The molecule has 0 atom stereocenters. The number of hydrogen-bond acceptors (Lipinski definition) is 4. The Kier molecular flexibility index (Phi) is 6.22. The average molecular weight is 416 g/mol. The number of benzene rings is 2. The van der Waals surface area contributed by atoms with Gasteiger partial charge < -0.3 is 10.2 Å². The molecular formula is C21H25N3O4S. The third-order valence-corrected chi connectivity index (χ3v) is 6.74. The summed E-state index contributed by atoms with van der Waals surface area (Å²) in [7, 11) is -2.32. The van der Waals surface area contributed by atoms with Gasteiger partial charge in [0.25, 0.3) is 15.9 Å². The van der Waals surface area contributed by atoms with Crippen molar-refractivity contribution < 1.29 is 18.0 Å². The molecule has 0 aromatic heterocycles. The molecule has 1 aliphatic heterocycles. The Morgan fingerprint density at radius 2 is 1.93 bits per heavy atom. The molecule has 0 unspecified atom stereocenters. The van der Waals surface area contributed by atoms with Crippen molar-refractivity contribution in [2.24, 2.45) is 0 Å². The van der Waals surface area contributed by atoms with Crippen LogP contribution in [0.25, 0.3) is 0 Å². The van der Waals surface area contributed by atoms with Crippen LogP contribution in [0.5, 0.6) is 0 Å². The number of nitrogens with one attached hydrogen (secondary N) is 1. The van der Waals surface area contributed by atoms with E-state index in [0.717, 1.165) is 12.0 Å². The van der Waals surface area contributed by atoms with E-state index >= 15 is 0 Å². The van der Waals surface area contributed by atoms with Crippen LogP contribution < -0.4 is 9.62 Å². The van der Waals surface area contributed by atoms with E-state index in [4.69, 9.17) is 0 Å². The molecule has 0 saturated carbocycles. The van der Waals surface area contributed by atoms with Crippen LogP contribution in [0.15, 0.2) is 53.4 Å². The van der Waals surface area contributed by atoms with Crippen LogP contribution in [0, 0.1) is 6.92 Å². The second kappa shape index (κ2) is 8.65. The van der Waals surface area contributed by atoms with Gasteiger partial charge in [-0.1, -0.05) is 18.2 Å². The summed E-state index contributed by atoms with van der Waals surface area (Å²) in [5, 5.41) is 2.75. The van der Waals surface area contributed by atoms with Crippen LogP contribution in [0.4, 0.5) is 5.69 Å². The van der Waals surface area contributed by atoms with Crippen LogP contribution in [0.2, 0.25) is 0 Å². The van der Waals surface area contributed by atoms with E-state index in [1.165, 1.54) is 23.5 Å². The lowest BCUT2D eigenvalue weighted by Gasteiger charge is -2.20. The number of carbonyl (C=O) groups is 2. The molecule has 1 aliphatic rings. The summed E-state index contributed by atoms with van der Waals surface area (Å²) in [5.74, 6) is -0.265. The fourth-order valence-electron chi connectivity index (χ4n) is 3.27. The lowest BCUT2D eigenvalue weighted by atomic mass is 10.2. The topological polar surface area (TPSA) is 86.8 Å². The van der Waals surface area contributed by atoms with Crippen molar-refractivity contribution in [1.82, 2.24) is 10.2 Å². The van der Waals surface area contributed by atoms with Gasteiger partial charge in [-0.3, -0.25) is 13.9 Å². The highest BCUT2D eigenvalue weighted by Gasteiger charge is 2.23. The quantitative estimate of drug-likeness (QED) is 0.751. The monoisotopic (exact) mass is 415 g/mol. The van der Waals surface area contributed by atoms with Gasteiger partial charge in [-0.05, 0) is 49.2 Å². The Morgan fingerprint density at radius 3 is 2.62 bits per heavy atom. The predicted octanol–water partition coefficient (Wildman–Crippen LogP) is 2.17. The van der Waals surface area contributed by atoms with Gasteiger partial charge in [0.2, 0.25) is 5.91 Å². The van der Waals surface area contributed by atoms with Gasteiger partial charge in [-0.2, -0.15) is 0 Å². The van der Waals surface area contributed by atoms with E-state index in [2.05, 4.69) is 5.32 Å². The highest BCUT2D eigenvalue weighted by molar-refractivity contribution is 7.92. The van der Waals surface area contributed by atoms with E-state index in [0.29, 0.717) is 31.7 Å². The summed E-state index contributed by atoms with van der Waals surface area (Å²) in [6.45, 7) is 3.39. The first-order valence-corrected chi connectivity index (χ1v) is 10.9. The zero-order valence-electron chi connectivity index (χ0n) is 16.6. The molecule has 1 N–H and O–H groups in total. The Hall–Kier alpha value is -2.87. The average Bonchev–Trinajstić information content (AvgIpc) is 3.12. The van der Waals surface area contributed by atoms with Gasteiger partial charge in [0, 0.05) is 38.7 Å². The van der Waals surface area contributed by atoms with Crippen LogP contribution in [-0.4, -0.2) is 51.8 Å². The fraction of sp³-hybridized carbons (Fsp3) is 0.333. The summed E-state index contributed by atoms with van der Waals surface area (Å²) in [5.41, 5.74) is 1.76. The molecule has 3 rings (SSSR count). The zero-order chi connectivity index (χ0) is 21.0. The molecule has 154 valence electrons. The largest absolute Gasteiger partial charge is 0.350 e. The van der Waals surface area contributed by atoms with Gasteiger partial charge in [0.1, 0.15) is 0 Å². The Bertz CT molecular complexity index is 1020. The van der Waals surface area contributed by atoms with Crippen molar-refractivity contribution in [3.8, 4) is 0 Å². The number of rotatable bonds is 7. The van der Waals surface area contributed by atoms with E-state index in [-0.39, 0.29) is 22.3 Å². The first kappa shape index (κ1) is 20.9. The van der Waals surface area contributed by atoms with E-state index < -0.39 is 10.0 Å². The van der Waals surface area contributed by atoms with E-state index in [1.807, 2.05) is 13.0 Å². The third-order valence-electron chi connectivity index (χ3n) is 4.96. The number of hydrogen-bond donors (Lipinski definition) is 1. The molecular weight excluding hydrogens is 390 g/mol. The van der Waals surface area contributed by atoms with Crippen LogP contribution >= 0.6 is 0 Å². The summed E-state index contributed by atoms with van der Waals surface area (Å²) in [4.78, 5) is 25.8. The predicted molar refractivity (Wildman–Crippen MR) is 111 cm³/mol. The molecule has 0 bridgehead atoms. The molecule has 0 radical (unpaired) electrons. The van der Waals surface area contributed by atoms with Crippen molar-refractivity contribution in [1.29, 1.82) is 0 Å². The minimum Gasteiger partial charge on any atom is -0.350 e. The lowest BCUT2D eigenvalue weighted by Crippen LogP contribution is -2.35. The first-order valence-electron chi connectivity index (χ1n) is 9.51. The smallest absolute Gasteiger partial charge is 0.264 e. The minimum absolute atomic E-state index is 0.0453. The third kappa shape index (κ3) is 4.76. The molecule has 8 heteroatoms. The Balaban J connectivity index is 1.70. The molecule has 1 saturated heterocycles.